The molecule has 1 aliphatic rings. The van der Waals surface area contributed by atoms with Crippen LogP contribution in [0, 0.1) is 5.82 Å². The Balaban J connectivity index is 1.32. The van der Waals surface area contributed by atoms with Crippen molar-refractivity contribution in [2.75, 3.05) is 33.3 Å². The molecule has 3 aromatic carbocycles. The maximum atomic E-state index is 13.6. The molecule has 1 aliphatic heterocycles. The van der Waals surface area contributed by atoms with Crippen molar-refractivity contribution >= 4 is 0 Å². The van der Waals surface area contributed by atoms with Gasteiger partial charge < -0.3 is 4.74 Å². The molecule has 4 heteroatoms. The maximum Gasteiger partial charge on any atom is 0.123 e. The van der Waals surface area contributed by atoms with Gasteiger partial charge in [-0.1, -0.05) is 61.0 Å². The van der Waals surface area contributed by atoms with Gasteiger partial charge in [0.1, 0.15) is 11.6 Å². The molecule has 174 valence electrons. The van der Waals surface area contributed by atoms with Gasteiger partial charge in [-0.3, -0.25) is 9.80 Å². The number of hydrogen-bond acceptors (Lipinski definition) is 3. The highest BCUT2D eigenvalue weighted by molar-refractivity contribution is 5.27. The topological polar surface area (TPSA) is 15.7 Å². The fraction of sp³-hybridized carbons (Fsp3) is 0.379. The van der Waals surface area contributed by atoms with Crippen LogP contribution in [0.4, 0.5) is 4.39 Å². The number of halogens is 1. The highest BCUT2D eigenvalue weighted by Gasteiger charge is 2.25. The monoisotopic (exact) mass is 446 g/mol. The molecule has 4 rings (SSSR count). The molecule has 1 fully saturated rings. The molecule has 3 aromatic rings. The van der Waals surface area contributed by atoms with E-state index in [1.807, 2.05) is 24.3 Å². The largest absolute Gasteiger partial charge is 0.497 e. The molecule has 33 heavy (non-hydrogen) atoms. The van der Waals surface area contributed by atoms with Gasteiger partial charge in [0.25, 0.3) is 0 Å². The lowest BCUT2D eigenvalue weighted by Crippen LogP contribution is -2.47. The van der Waals surface area contributed by atoms with E-state index in [4.69, 9.17) is 4.74 Å². The van der Waals surface area contributed by atoms with E-state index in [1.165, 1.54) is 16.7 Å². The van der Waals surface area contributed by atoms with E-state index in [0.29, 0.717) is 6.04 Å². The van der Waals surface area contributed by atoms with Crippen LogP contribution in [0.5, 0.6) is 5.75 Å². The Labute approximate surface area is 197 Å². The highest BCUT2D eigenvalue weighted by Crippen LogP contribution is 2.28. The summed E-state index contributed by atoms with van der Waals surface area (Å²) in [7, 11) is 1.70. The molecule has 0 N–H and O–H groups in total. The Bertz CT molecular complexity index is 951. The Hall–Kier alpha value is -2.69. The van der Waals surface area contributed by atoms with Gasteiger partial charge in [0, 0.05) is 38.8 Å². The summed E-state index contributed by atoms with van der Waals surface area (Å²) in [4.78, 5) is 5.14. The standard InChI is InChI=1S/C29H35FN2O/c1-33-28-17-11-24(12-18-28)7-5-6-10-29(26-13-15-27(30)16-14-26)32-21-19-31(20-22-32)23-25-8-3-2-4-9-25/h2-4,8-9,11-18,29H,5-7,10,19-23H2,1H3. The van der Waals surface area contributed by atoms with E-state index in [9.17, 15) is 4.39 Å². The number of hydrogen-bond donors (Lipinski definition) is 0. The molecular formula is C29H35FN2O. The van der Waals surface area contributed by atoms with Crippen LogP contribution in [0.2, 0.25) is 0 Å². The summed E-state index contributed by atoms with van der Waals surface area (Å²) < 4.78 is 18.8. The Morgan fingerprint density at radius 2 is 1.48 bits per heavy atom. The second-order valence-electron chi connectivity index (χ2n) is 8.96. The number of methoxy groups -OCH3 is 1. The van der Waals surface area contributed by atoms with Gasteiger partial charge in [-0.2, -0.15) is 0 Å². The van der Waals surface area contributed by atoms with Crippen molar-refractivity contribution in [3.8, 4) is 5.75 Å². The number of unbranched alkanes of at least 4 members (excludes halogenated alkanes) is 1. The van der Waals surface area contributed by atoms with Gasteiger partial charge in [-0.05, 0) is 60.2 Å². The molecular weight excluding hydrogens is 411 g/mol. The minimum Gasteiger partial charge on any atom is -0.497 e. The molecule has 3 nitrogen and oxygen atoms in total. The first-order valence-corrected chi connectivity index (χ1v) is 12.1. The van der Waals surface area contributed by atoms with E-state index >= 15 is 0 Å². The molecule has 1 unspecified atom stereocenters. The SMILES string of the molecule is COc1ccc(CCCCC(c2ccc(F)cc2)N2CCN(Cc3ccccc3)CC2)cc1. The average Bonchev–Trinajstić information content (AvgIpc) is 2.86. The van der Waals surface area contributed by atoms with Gasteiger partial charge in [-0.15, -0.1) is 0 Å². The first kappa shape index (κ1) is 23.5. The smallest absolute Gasteiger partial charge is 0.123 e. The van der Waals surface area contributed by atoms with Gasteiger partial charge in [-0.25, -0.2) is 4.39 Å². The number of benzene rings is 3. The highest BCUT2D eigenvalue weighted by atomic mass is 19.1. The fourth-order valence-corrected chi connectivity index (χ4v) is 4.78. The normalized spacial score (nSPS) is 15.9. The fourth-order valence-electron chi connectivity index (χ4n) is 4.78. The molecule has 0 spiro atoms. The van der Waals surface area contributed by atoms with Crippen LogP contribution >= 0.6 is 0 Å². The van der Waals surface area contributed by atoms with Gasteiger partial charge >= 0.3 is 0 Å². The first-order valence-electron chi connectivity index (χ1n) is 12.1. The predicted octanol–water partition coefficient (Wildman–Crippen LogP) is 6.11. The van der Waals surface area contributed by atoms with Gasteiger partial charge in [0.2, 0.25) is 0 Å². The lowest BCUT2D eigenvalue weighted by molar-refractivity contribution is 0.0866. The van der Waals surface area contributed by atoms with E-state index in [2.05, 4.69) is 52.3 Å². The summed E-state index contributed by atoms with van der Waals surface area (Å²) in [5.74, 6) is 0.742. The zero-order valence-corrected chi connectivity index (χ0v) is 19.6. The number of aryl methyl sites for hydroxylation is 1. The summed E-state index contributed by atoms with van der Waals surface area (Å²) in [5, 5.41) is 0. The third kappa shape index (κ3) is 6.89. The summed E-state index contributed by atoms with van der Waals surface area (Å²) in [6.07, 6.45) is 4.47. The predicted molar refractivity (Wildman–Crippen MR) is 133 cm³/mol. The molecule has 0 aliphatic carbocycles. The molecule has 1 saturated heterocycles. The summed E-state index contributed by atoms with van der Waals surface area (Å²) in [5.41, 5.74) is 3.96. The lowest BCUT2D eigenvalue weighted by Gasteiger charge is -2.39. The third-order valence-electron chi connectivity index (χ3n) is 6.70. The van der Waals surface area contributed by atoms with Crippen LogP contribution < -0.4 is 4.74 Å². The zero-order chi connectivity index (χ0) is 22.9. The Morgan fingerprint density at radius 3 is 2.15 bits per heavy atom. The number of piperazine rings is 1. The van der Waals surface area contributed by atoms with E-state index in [0.717, 1.165) is 64.2 Å². The van der Waals surface area contributed by atoms with Crippen LogP contribution in [-0.4, -0.2) is 43.1 Å². The van der Waals surface area contributed by atoms with E-state index in [-0.39, 0.29) is 5.82 Å². The zero-order valence-electron chi connectivity index (χ0n) is 19.6. The van der Waals surface area contributed by atoms with Crippen molar-refractivity contribution in [1.82, 2.24) is 9.80 Å². The number of rotatable bonds is 10. The third-order valence-corrected chi connectivity index (χ3v) is 6.70. The molecule has 0 aromatic heterocycles. The van der Waals surface area contributed by atoms with Gasteiger partial charge in [0.05, 0.1) is 7.11 Å². The van der Waals surface area contributed by atoms with Crippen molar-refractivity contribution in [3.05, 3.63) is 101 Å². The summed E-state index contributed by atoms with van der Waals surface area (Å²) in [6, 6.07) is 26.6. The maximum absolute atomic E-state index is 13.6. The molecule has 0 radical (unpaired) electrons. The van der Waals surface area contributed by atoms with Crippen molar-refractivity contribution in [1.29, 1.82) is 0 Å². The average molecular weight is 447 g/mol. The quantitative estimate of drug-likeness (QED) is 0.350. The second kappa shape index (κ2) is 12.0. The van der Waals surface area contributed by atoms with Crippen LogP contribution in [0.15, 0.2) is 78.9 Å². The van der Waals surface area contributed by atoms with Crippen LogP contribution in [0.1, 0.15) is 42.0 Å². The van der Waals surface area contributed by atoms with Crippen molar-refractivity contribution in [2.45, 2.75) is 38.3 Å². The minimum absolute atomic E-state index is 0.162. The summed E-state index contributed by atoms with van der Waals surface area (Å²) in [6.45, 7) is 5.25. The molecule has 0 amide bonds. The molecule has 1 atom stereocenters. The molecule has 0 bridgehead atoms. The second-order valence-corrected chi connectivity index (χ2v) is 8.96. The van der Waals surface area contributed by atoms with Gasteiger partial charge in [0.15, 0.2) is 0 Å². The molecule has 1 heterocycles. The Kier molecular flexibility index (Phi) is 8.51. The van der Waals surface area contributed by atoms with Crippen molar-refractivity contribution in [3.63, 3.8) is 0 Å². The van der Waals surface area contributed by atoms with Crippen molar-refractivity contribution < 1.29 is 9.13 Å². The first-order chi connectivity index (χ1) is 16.2. The summed E-state index contributed by atoms with van der Waals surface area (Å²) >= 11 is 0. The van der Waals surface area contributed by atoms with Crippen LogP contribution in [0.3, 0.4) is 0 Å². The number of nitrogens with zero attached hydrogens (tertiary/aromatic N) is 2. The minimum atomic E-state index is -0.162. The lowest BCUT2D eigenvalue weighted by atomic mass is 9.97. The van der Waals surface area contributed by atoms with E-state index in [1.54, 1.807) is 19.2 Å². The Morgan fingerprint density at radius 1 is 0.788 bits per heavy atom. The van der Waals surface area contributed by atoms with Crippen molar-refractivity contribution in [2.24, 2.45) is 0 Å². The van der Waals surface area contributed by atoms with E-state index < -0.39 is 0 Å². The number of ether oxygens (including phenoxy) is 1. The van der Waals surface area contributed by atoms with Crippen LogP contribution in [-0.2, 0) is 13.0 Å². The molecule has 0 saturated carbocycles. The van der Waals surface area contributed by atoms with Crippen LogP contribution in [0.25, 0.3) is 0 Å².